The number of carbonyl (C=O) groups excluding carboxylic acids is 1. The Morgan fingerprint density at radius 2 is 1.50 bits per heavy atom. The number of nitrogens with zero attached hydrogens (tertiary/aromatic N) is 3. The lowest BCUT2D eigenvalue weighted by Crippen LogP contribution is -2.46. The van der Waals surface area contributed by atoms with Gasteiger partial charge >= 0.3 is 0 Å². The van der Waals surface area contributed by atoms with E-state index in [4.69, 9.17) is 14.7 Å². The average molecular weight is 498 g/mol. The third kappa shape index (κ3) is 3.12. The molecule has 186 valence electrons. The van der Waals surface area contributed by atoms with E-state index >= 15 is 0 Å². The summed E-state index contributed by atoms with van der Waals surface area (Å²) in [5.41, 5.74) is 6.65. The van der Waals surface area contributed by atoms with Crippen LogP contribution in [0.25, 0.3) is 22.3 Å². The van der Waals surface area contributed by atoms with Crippen LogP contribution in [0, 0.1) is 5.92 Å². The molecule has 1 aliphatic carbocycles. The highest BCUT2D eigenvalue weighted by atomic mass is 16.5. The SMILES string of the molecule is COc1ccc([C@@H]2CN(C)C3(c4ccccc4-c4nc5ccccc5nc43)[C@H]2C(=O)c2ccccc2)cc1. The van der Waals surface area contributed by atoms with E-state index in [2.05, 4.69) is 42.3 Å². The molecule has 3 atom stereocenters. The molecule has 2 aliphatic rings. The molecule has 5 aromatic rings. The summed E-state index contributed by atoms with van der Waals surface area (Å²) in [5.74, 6) is 0.468. The van der Waals surface area contributed by atoms with Crippen LogP contribution in [-0.4, -0.2) is 41.4 Å². The molecule has 5 nitrogen and oxygen atoms in total. The van der Waals surface area contributed by atoms with Crippen molar-refractivity contribution in [1.82, 2.24) is 14.9 Å². The Labute approximate surface area is 221 Å². The third-order valence-electron chi connectivity index (χ3n) is 8.33. The molecule has 1 fully saturated rings. The molecule has 1 aromatic heterocycles. The largest absolute Gasteiger partial charge is 0.497 e. The first-order chi connectivity index (χ1) is 18.6. The van der Waals surface area contributed by atoms with Crippen molar-refractivity contribution in [2.24, 2.45) is 5.92 Å². The number of hydrogen-bond donors (Lipinski definition) is 0. The summed E-state index contributed by atoms with van der Waals surface area (Å²) in [5, 5.41) is 0. The highest BCUT2D eigenvalue weighted by Gasteiger charge is 2.62. The fraction of sp³-hybridized carbons (Fsp3) is 0.182. The number of methoxy groups -OCH3 is 1. The smallest absolute Gasteiger partial charge is 0.169 e. The molecule has 0 amide bonds. The lowest BCUT2D eigenvalue weighted by molar-refractivity contribution is 0.0807. The minimum atomic E-state index is -0.750. The zero-order valence-corrected chi connectivity index (χ0v) is 21.3. The number of rotatable bonds is 4. The van der Waals surface area contributed by atoms with Crippen LogP contribution in [0.15, 0.2) is 103 Å². The summed E-state index contributed by atoms with van der Waals surface area (Å²) in [6.07, 6.45) is 0. The molecule has 1 spiro atoms. The van der Waals surface area contributed by atoms with Crippen LogP contribution in [0.4, 0.5) is 0 Å². The number of aromatic nitrogens is 2. The summed E-state index contributed by atoms with van der Waals surface area (Å²) in [7, 11) is 3.79. The quantitative estimate of drug-likeness (QED) is 0.281. The fourth-order valence-corrected chi connectivity index (χ4v) is 6.68. The Morgan fingerprint density at radius 3 is 2.24 bits per heavy atom. The summed E-state index contributed by atoms with van der Waals surface area (Å²) < 4.78 is 5.43. The number of hydrogen-bond acceptors (Lipinski definition) is 5. The minimum absolute atomic E-state index is 0.0501. The Kier molecular flexibility index (Phi) is 5.17. The number of ketones is 1. The molecule has 2 heterocycles. The van der Waals surface area contributed by atoms with Gasteiger partial charge in [-0.05, 0) is 42.4 Å². The number of fused-ring (bicyclic) bond motifs is 6. The molecule has 0 bridgehead atoms. The van der Waals surface area contributed by atoms with E-state index in [1.165, 1.54) is 0 Å². The highest BCUT2D eigenvalue weighted by molar-refractivity contribution is 6.01. The van der Waals surface area contributed by atoms with E-state index in [1.807, 2.05) is 72.8 Å². The van der Waals surface area contributed by atoms with E-state index in [9.17, 15) is 4.79 Å². The van der Waals surface area contributed by atoms with E-state index in [0.29, 0.717) is 12.1 Å². The van der Waals surface area contributed by atoms with Gasteiger partial charge < -0.3 is 4.74 Å². The van der Waals surface area contributed by atoms with Gasteiger partial charge in [0.15, 0.2) is 5.78 Å². The Morgan fingerprint density at radius 1 is 0.842 bits per heavy atom. The number of carbonyl (C=O) groups is 1. The number of likely N-dealkylation sites (N-methyl/N-ethyl adjacent to an activating group) is 1. The topological polar surface area (TPSA) is 55.3 Å². The van der Waals surface area contributed by atoms with Gasteiger partial charge in [-0.2, -0.15) is 0 Å². The summed E-state index contributed by atoms with van der Waals surface area (Å²) >= 11 is 0. The van der Waals surface area contributed by atoms with Crippen LogP contribution >= 0.6 is 0 Å². The third-order valence-corrected chi connectivity index (χ3v) is 8.33. The van der Waals surface area contributed by atoms with Crippen LogP contribution < -0.4 is 4.74 Å². The second-order valence-corrected chi connectivity index (χ2v) is 10.2. The summed E-state index contributed by atoms with van der Waals surface area (Å²) in [4.78, 5) is 27.4. The van der Waals surface area contributed by atoms with Crippen molar-refractivity contribution in [3.8, 4) is 17.0 Å². The first kappa shape index (κ1) is 22.8. The van der Waals surface area contributed by atoms with Crippen molar-refractivity contribution in [3.63, 3.8) is 0 Å². The monoisotopic (exact) mass is 497 g/mol. The molecule has 7 rings (SSSR count). The van der Waals surface area contributed by atoms with Crippen molar-refractivity contribution < 1.29 is 9.53 Å². The Balaban J connectivity index is 1.53. The van der Waals surface area contributed by atoms with Gasteiger partial charge in [0.1, 0.15) is 11.3 Å². The molecule has 0 saturated carbocycles. The lowest BCUT2D eigenvalue weighted by atomic mass is 9.70. The predicted octanol–water partition coefficient (Wildman–Crippen LogP) is 6.09. The maximum atomic E-state index is 14.6. The lowest BCUT2D eigenvalue weighted by Gasteiger charge is -2.38. The summed E-state index contributed by atoms with van der Waals surface area (Å²) in [6.45, 7) is 0.706. The molecule has 4 aromatic carbocycles. The molecule has 1 saturated heterocycles. The van der Waals surface area contributed by atoms with Crippen molar-refractivity contribution in [2.75, 3.05) is 20.7 Å². The number of ether oxygens (including phenoxy) is 1. The maximum Gasteiger partial charge on any atom is 0.169 e. The zero-order chi connectivity index (χ0) is 25.9. The van der Waals surface area contributed by atoms with Crippen LogP contribution in [0.3, 0.4) is 0 Å². The number of benzene rings is 4. The van der Waals surface area contributed by atoms with Gasteiger partial charge in [0.2, 0.25) is 0 Å². The number of para-hydroxylation sites is 2. The molecule has 38 heavy (non-hydrogen) atoms. The van der Waals surface area contributed by atoms with Crippen molar-refractivity contribution >= 4 is 16.8 Å². The van der Waals surface area contributed by atoms with Crippen LogP contribution in [0.1, 0.15) is 33.1 Å². The molecular weight excluding hydrogens is 470 g/mol. The average Bonchev–Trinajstić information content (AvgIpc) is 3.44. The standard InChI is InChI=1S/C33H27N3O2/c1-36-20-25(21-16-18-23(38-2)19-17-21)29(31(37)22-10-4-3-5-11-22)33(36)26-13-7-6-12-24(26)30-32(33)35-28-15-9-8-14-27(28)34-30/h3-19,25,29H,20H2,1-2H3/t25-,29+,33?/m0/s1. The van der Waals surface area contributed by atoms with Crippen LogP contribution in [-0.2, 0) is 5.54 Å². The second-order valence-electron chi connectivity index (χ2n) is 10.2. The Bertz CT molecular complexity index is 1680. The van der Waals surface area contributed by atoms with Gasteiger partial charge in [0.05, 0.1) is 35.4 Å². The highest BCUT2D eigenvalue weighted by Crippen LogP contribution is 2.60. The Hall–Kier alpha value is -4.35. The summed E-state index contributed by atoms with van der Waals surface area (Å²) in [6, 6.07) is 34.2. The molecule has 1 unspecified atom stereocenters. The molecular formula is C33H27N3O2. The van der Waals surface area contributed by atoms with E-state index < -0.39 is 11.5 Å². The van der Waals surface area contributed by atoms with Crippen molar-refractivity contribution in [2.45, 2.75) is 11.5 Å². The second kappa shape index (κ2) is 8.61. The van der Waals surface area contributed by atoms with Gasteiger partial charge in [0, 0.05) is 23.6 Å². The van der Waals surface area contributed by atoms with Gasteiger partial charge in [-0.15, -0.1) is 0 Å². The molecule has 5 heteroatoms. The first-order valence-electron chi connectivity index (χ1n) is 12.9. The zero-order valence-electron chi connectivity index (χ0n) is 21.3. The van der Waals surface area contributed by atoms with Crippen LogP contribution in [0.2, 0.25) is 0 Å². The van der Waals surface area contributed by atoms with Crippen molar-refractivity contribution in [1.29, 1.82) is 0 Å². The first-order valence-corrected chi connectivity index (χ1v) is 12.9. The van der Waals surface area contributed by atoms with Crippen molar-refractivity contribution in [3.05, 3.63) is 126 Å². The predicted molar refractivity (Wildman–Crippen MR) is 148 cm³/mol. The van der Waals surface area contributed by atoms with E-state index in [-0.39, 0.29) is 11.7 Å². The van der Waals surface area contributed by atoms with Gasteiger partial charge in [-0.3, -0.25) is 9.69 Å². The normalized spacial score (nSPS) is 21.9. The molecule has 1 aliphatic heterocycles. The fourth-order valence-electron chi connectivity index (χ4n) is 6.68. The van der Waals surface area contributed by atoms with E-state index in [0.717, 1.165) is 44.9 Å². The number of likely N-dealkylation sites (tertiary alicyclic amines) is 1. The van der Waals surface area contributed by atoms with Gasteiger partial charge in [0.25, 0.3) is 0 Å². The van der Waals surface area contributed by atoms with Gasteiger partial charge in [-0.25, -0.2) is 9.97 Å². The number of Topliss-reactive ketones (excluding diaryl/α,β-unsaturated/α-hetero) is 1. The molecule has 0 N–H and O–H groups in total. The molecule has 0 radical (unpaired) electrons. The van der Waals surface area contributed by atoms with E-state index in [1.54, 1.807) is 7.11 Å². The van der Waals surface area contributed by atoms with Gasteiger partial charge in [-0.1, -0.05) is 78.9 Å². The van der Waals surface area contributed by atoms with Crippen LogP contribution in [0.5, 0.6) is 5.75 Å². The minimum Gasteiger partial charge on any atom is -0.497 e. The maximum absolute atomic E-state index is 14.6.